The minimum absolute atomic E-state index is 0.00566. The van der Waals surface area contributed by atoms with Gasteiger partial charge in [-0.05, 0) is 6.92 Å². The fourth-order valence-electron chi connectivity index (χ4n) is 2.88. The van der Waals surface area contributed by atoms with Crippen molar-refractivity contribution in [2.75, 3.05) is 26.9 Å². The van der Waals surface area contributed by atoms with Crippen molar-refractivity contribution in [3.63, 3.8) is 0 Å². The number of amidine groups is 1. The molecule has 0 bridgehead atoms. The maximum absolute atomic E-state index is 13.5. The third-order valence-corrected chi connectivity index (χ3v) is 5.13. The molecular weight excluding hydrogens is 309 g/mol. The number of halogens is 1. The van der Waals surface area contributed by atoms with Crippen molar-refractivity contribution < 1.29 is 19.1 Å². The van der Waals surface area contributed by atoms with Crippen LogP contribution in [0.5, 0.6) is 0 Å². The number of nitrogens with zero attached hydrogens (tertiary/aromatic N) is 3. The van der Waals surface area contributed by atoms with Gasteiger partial charge in [0.05, 0.1) is 17.7 Å². The molecule has 2 aliphatic heterocycles. The van der Waals surface area contributed by atoms with Crippen LogP contribution >= 0.6 is 11.8 Å². The summed E-state index contributed by atoms with van der Waals surface area (Å²) in [6.45, 7) is 1.35. The molecule has 2 aliphatic rings. The van der Waals surface area contributed by atoms with E-state index in [1.54, 1.807) is 7.05 Å². The highest BCUT2D eigenvalue weighted by Gasteiger charge is 2.57. The van der Waals surface area contributed by atoms with E-state index in [0.717, 1.165) is 5.84 Å². The third kappa shape index (κ3) is 2.71. The summed E-state index contributed by atoms with van der Waals surface area (Å²) < 4.78 is 13.5. The predicted molar refractivity (Wildman–Crippen MR) is 83.5 cm³/mol. The number of carbonyl (C=O) groups is 2. The lowest BCUT2D eigenvalue weighted by Crippen LogP contribution is -2.61. The monoisotopic (exact) mass is 329 g/mol. The van der Waals surface area contributed by atoms with Gasteiger partial charge in [0.2, 0.25) is 5.91 Å². The second-order valence-electron chi connectivity index (χ2n) is 5.58. The summed E-state index contributed by atoms with van der Waals surface area (Å²) in [5.41, 5.74) is 0.00566. The van der Waals surface area contributed by atoms with Gasteiger partial charge in [-0.2, -0.15) is 0 Å². The minimum Gasteiger partial charge on any atom is -0.477 e. The number of carboxylic acids is 1. The summed E-state index contributed by atoms with van der Waals surface area (Å²) in [5, 5.41) is 9.38. The average molecular weight is 329 g/mol. The molecular formula is C14H20FN3O3S. The highest BCUT2D eigenvalue weighted by Crippen LogP contribution is 2.47. The lowest BCUT2D eigenvalue weighted by Gasteiger charge is -2.43. The Balaban J connectivity index is 2.17. The van der Waals surface area contributed by atoms with Crippen molar-refractivity contribution >= 4 is 29.5 Å². The van der Waals surface area contributed by atoms with E-state index < -0.39 is 24.0 Å². The number of carboxylic acid groups (broad SMARTS) is 1. The average Bonchev–Trinajstić information content (AvgIpc) is 2.73. The smallest absolute Gasteiger partial charge is 0.353 e. The Bertz CT molecular complexity index is 560. The molecule has 8 heteroatoms. The third-order valence-electron chi connectivity index (χ3n) is 4.02. The van der Waals surface area contributed by atoms with Crippen LogP contribution in [-0.2, 0) is 9.59 Å². The Morgan fingerprint density at radius 2 is 2.23 bits per heavy atom. The van der Waals surface area contributed by atoms with Gasteiger partial charge in [0.15, 0.2) is 0 Å². The fraction of sp³-hybridized carbons (Fsp3) is 0.643. The SMILES string of the molecule is CN=C(CSC1=C(C(=O)O)N2C(=O)[C@H]([C@@H](C)F)[C@H]2C1)N(C)C. The van der Waals surface area contributed by atoms with Crippen LogP contribution in [-0.4, -0.2) is 71.7 Å². The molecule has 2 heterocycles. The van der Waals surface area contributed by atoms with E-state index in [2.05, 4.69) is 4.99 Å². The molecule has 3 atom stereocenters. The summed E-state index contributed by atoms with van der Waals surface area (Å²) in [6, 6.07) is -0.359. The molecule has 0 saturated carbocycles. The summed E-state index contributed by atoms with van der Waals surface area (Å²) in [7, 11) is 5.40. The molecule has 1 saturated heterocycles. The van der Waals surface area contributed by atoms with E-state index in [1.807, 2.05) is 19.0 Å². The molecule has 0 spiro atoms. The molecule has 22 heavy (non-hydrogen) atoms. The van der Waals surface area contributed by atoms with Crippen LogP contribution in [0.2, 0.25) is 0 Å². The molecule has 1 fully saturated rings. The number of fused-ring (bicyclic) bond motifs is 1. The quantitative estimate of drug-likeness (QED) is 0.466. The van der Waals surface area contributed by atoms with Crippen molar-refractivity contribution in [2.45, 2.75) is 25.6 Å². The molecule has 1 amide bonds. The molecule has 0 unspecified atom stereocenters. The zero-order valence-electron chi connectivity index (χ0n) is 13.0. The van der Waals surface area contributed by atoms with Gasteiger partial charge >= 0.3 is 5.97 Å². The molecule has 0 aliphatic carbocycles. The lowest BCUT2D eigenvalue weighted by molar-refractivity contribution is -0.158. The lowest BCUT2D eigenvalue weighted by atomic mass is 9.84. The first-order valence-electron chi connectivity index (χ1n) is 6.99. The van der Waals surface area contributed by atoms with Gasteiger partial charge in [0, 0.05) is 32.5 Å². The van der Waals surface area contributed by atoms with E-state index in [0.29, 0.717) is 17.1 Å². The van der Waals surface area contributed by atoms with Crippen LogP contribution in [0, 0.1) is 5.92 Å². The second kappa shape index (κ2) is 6.28. The van der Waals surface area contributed by atoms with E-state index in [9.17, 15) is 19.1 Å². The van der Waals surface area contributed by atoms with Crippen molar-refractivity contribution in [1.29, 1.82) is 0 Å². The molecule has 0 aromatic rings. The molecule has 2 rings (SSSR count). The number of rotatable bonds is 5. The van der Waals surface area contributed by atoms with Gasteiger partial charge < -0.3 is 14.9 Å². The first-order chi connectivity index (χ1) is 10.3. The summed E-state index contributed by atoms with van der Waals surface area (Å²) in [5.74, 6) is -0.952. The first-order valence-corrected chi connectivity index (χ1v) is 7.97. The van der Waals surface area contributed by atoms with Gasteiger partial charge in [-0.25, -0.2) is 9.18 Å². The van der Waals surface area contributed by atoms with Gasteiger partial charge in [-0.3, -0.25) is 9.79 Å². The van der Waals surface area contributed by atoms with Gasteiger partial charge in [-0.15, -0.1) is 11.8 Å². The zero-order valence-corrected chi connectivity index (χ0v) is 13.9. The molecule has 6 nitrogen and oxygen atoms in total. The Hall–Kier alpha value is -1.57. The number of hydrogen-bond acceptors (Lipinski definition) is 4. The summed E-state index contributed by atoms with van der Waals surface area (Å²) in [4.78, 5) is 31.3. The predicted octanol–water partition coefficient (Wildman–Crippen LogP) is 1.19. The summed E-state index contributed by atoms with van der Waals surface area (Å²) in [6.07, 6.45) is -0.857. The fourth-order valence-corrected chi connectivity index (χ4v) is 4.18. The van der Waals surface area contributed by atoms with E-state index in [-0.39, 0.29) is 11.7 Å². The Kier molecular flexibility index (Phi) is 4.79. The number of amides is 1. The number of aliphatic imine (C=N–C) groups is 1. The van der Waals surface area contributed by atoms with Crippen LogP contribution in [0.15, 0.2) is 15.6 Å². The normalized spacial score (nSPS) is 26.0. The van der Waals surface area contributed by atoms with E-state index in [1.165, 1.54) is 23.6 Å². The first kappa shape index (κ1) is 16.8. The topological polar surface area (TPSA) is 73.2 Å². The highest BCUT2D eigenvalue weighted by molar-refractivity contribution is 8.03. The van der Waals surface area contributed by atoms with Crippen LogP contribution in [0.4, 0.5) is 4.39 Å². The van der Waals surface area contributed by atoms with Gasteiger partial charge in [0.1, 0.15) is 17.7 Å². The van der Waals surface area contributed by atoms with Crippen LogP contribution in [0.3, 0.4) is 0 Å². The summed E-state index contributed by atoms with van der Waals surface area (Å²) >= 11 is 1.35. The standard InChI is InChI=1S/C14H20FN3O3S/c1-7(15)11-8-5-9(22-6-10(16-2)17(3)4)12(14(20)21)18(8)13(11)19/h7-8,11H,5-6H2,1-4H3,(H,20,21)/t7-,8-,11-/m1/s1. The molecule has 0 aromatic carbocycles. The van der Waals surface area contributed by atoms with Gasteiger partial charge in [-0.1, -0.05) is 0 Å². The zero-order chi connectivity index (χ0) is 16.6. The maximum atomic E-state index is 13.5. The van der Waals surface area contributed by atoms with Crippen LogP contribution in [0.1, 0.15) is 13.3 Å². The number of hydrogen-bond donors (Lipinski definition) is 1. The molecule has 0 aromatic heterocycles. The Morgan fingerprint density at radius 3 is 2.68 bits per heavy atom. The maximum Gasteiger partial charge on any atom is 0.353 e. The number of carbonyl (C=O) groups excluding carboxylic acids is 1. The highest BCUT2D eigenvalue weighted by atomic mass is 32.2. The largest absolute Gasteiger partial charge is 0.477 e. The van der Waals surface area contributed by atoms with Crippen molar-refractivity contribution in [3.8, 4) is 0 Å². The number of aliphatic carboxylic acids is 1. The van der Waals surface area contributed by atoms with Gasteiger partial charge in [0.25, 0.3) is 0 Å². The van der Waals surface area contributed by atoms with Crippen molar-refractivity contribution in [1.82, 2.24) is 9.80 Å². The van der Waals surface area contributed by atoms with E-state index >= 15 is 0 Å². The number of β-lactam (4-membered cyclic amide) rings is 1. The number of alkyl halides is 1. The van der Waals surface area contributed by atoms with Crippen molar-refractivity contribution in [3.05, 3.63) is 10.6 Å². The Morgan fingerprint density at radius 1 is 1.59 bits per heavy atom. The van der Waals surface area contributed by atoms with Crippen LogP contribution in [0.25, 0.3) is 0 Å². The Labute approximate surface area is 133 Å². The van der Waals surface area contributed by atoms with Crippen molar-refractivity contribution in [2.24, 2.45) is 10.9 Å². The van der Waals surface area contributed by atoms with E-state index in [4.69, 9.17) is 0 Å². The van der Waals surface area contributed by atoms with Crippen LogP contribution < -0.4 is 0 Å². The minimum atomic E-state index is -1.26. The molecule has 1 N–H and O–H groups in total. The molecule has 0 radical (unpaired) electrons. The second-order valence-corrected chi connectivity index (χ2v) is 6.65. The molecule has 122 valence electrons. The number of thioether (sulfide) groups is 1.